The molecular weight excluding hydrogens is 448 g/mol. The van der Waals surface area contributed by atoms with E-state index in [0.717, 1.165) is 36.3 Å². The predicted molar refractivity (Wildman–Crippen MR) is 123 cm³/mol. The van der Waals surface area contributed by atoms with Crippen LogP contribution in [0.3, 0.4) is 0 Å². The average Bonchev–Trinajstić information content (AvgIpc) is 2.97. The van der Waals surface area contributed by atoms with Gasteiger partial charge in [0.25, 0.3) is 11.8 Å². The first-order valence-corrected chi connectivity index (χ1v) is 13.4. The molecule has 1 aromatic carbocycles. The van der Waals surface area contributed by atoms with Gasteiger partial charge in [0.1, 0.15) is 12.3 Å². The molecule has 33 heavy (non-hydrogen) atoms. The maximum Gasteiger partial charge on any atom is 0.326 e. The Morgan fingerprint density at radius 1 is 1.09 bits per heavy atom. The maximum absolute atomic E-state index is 12.8. The Balaban J connectivity index is 1.71. The molecule has 10 heteroatoms. The Morgan fingerprint density at radius 2 is 1.76 bits per heavy atom. The van der Waals surface area contributed by atoms with E-state index in [9.17, 15) is 22.8 Å². The highest BCUT2D eigenvalue weighted by molar-refractivity contribution is 7.92. The van der Waals surface area contributed by atoms with Crippen molar-refractivity contribution < 1.29 is 32.3 Å². The number of unbranched alkanes of at least 4 members (excludes halogenated alkanes) is 1. The van der Waals surface area contributed by atoms with Crippen molar-refractivity contribution >= 4 is 33.5 Å². The summed E-state index contributed by atoms with van der Waals surface area (Å²) in [5, 5.41) is 0. The Labute approximate surface area is 194 Å². The molecule has 1 aromatic rings. The number of amides is 2. The number of nitrogens with one attached hydrogen (secondary N) is 1. The second-order valence-electron chi connectivity index (χ2n) is 8.62. The van der Waals surface area contributed by atoms with Crippen LogP contribution >= 0.6 is 0 Å². The van der Waals surface area contributed by atoms with Crippen molar-refractivity contribution in [3.8, 4) is 5.75 Å². The van der Waals surface area contributed by atoms with E-state index >= 15 is 0 Å². The highest BCUT2D eigenvalue weighted by Crippen LogP contribution is 2.34. The van der Waals surface area contributed by atoms with Crippen molar-refractivity contribution in [1.29, 1.82) is 0 Å². The van der Waals surface area contributed by atoms with Crippen molar-refractivity contribution in [3.05, 3.63) is 23.3 Å². The molecule has 0 unspecified atom stereocenters. The van der Waals surface area contributed by atoms with E-state index in [2.05, 4.69) is 4.72 Å². The summed E-state index contributed by atoms with van der Waals surface area (Å²) in [4.78, 5) is 38.0. The molecule has 0 saturated heterocycles. The minimum Gasteiger partial charge on any atom is -0.491 e. The Bertz CT molecular complexity index is 1000. The summed E-state index contributed by atoms with van der Waals surface area (Å²) in [6.45, 7) is 1.61. The van der Waals surface area contributed by atoms with Gasteiger partial charge in [-0.2, -0.15) is 0 Å². The fraction of sp³-hybridized carbons (Fsp3) is 0.609. The number of esters is 1. The van der Waals surface area contributed by atoms with Gasteiger partial charge in [0.15, 0.2) is 0 Å². The van der Waals surface area contributed by atoms with Gasteiger partial charge in [0.05, 0.1) is 36.3 Å². The Morgan fingerprint density at radius 3 is 2.39 bits per heavy atom. The van der Waals surface area contributed by atoms with Gasteiger partial charge in [-0.25, -0.2) is 8.42 Å². The number of hydrogen-bond donors (Lipinski definition) is 1. The third-order valence-electron chi connectivity index (χ3n) is 5.95. The molecule has 1 aliphatic carbocycles. The summed E-state index contributed by atoms with van der Waals surface area (Å²) in [6.07, 6.45) is 10.5. The third kappa shape index (κ3) is 6.69. The van der Waals surface area contributed by atoms with E-state index in [0.29, 0.717) is 6.61 Å². The monoisotopic (exact) mass is 480 g/mol. The van der Waals surface area contributed by atoms with Gasteiger partial charge in [-0.3, -0.25) is 24.0 Å². The Kier molecular flexibility index (Phi) is 8.34. The molecule has 1 fully saturated rings. The van der Waals surface area contributed by atoms with Gasteiger partial charge < -0.3 is 9.47 Å². The lowest BCUT2D eigenvalue weighted by molar-refractivity contribution is -0.143. The zero-order chi connectivity index (χ0) is 24.0. The lowest BCUT2D eigenvalue weighted by atomic mass is 9.86. The number of carbonyl (C=O) groups is 3. The van der Waals surface area contributed by atoms with E-state index in [-0.39, 0.29) is 29.2 Å². The molecule has 2 amide bonds. The Hall–Kier alpha value is -2.62. The quantitative estimate of drug-likeness (QED) is 0.293. The zero-order valence-corrected chi connectivity index (χ0v) is 20.0. The van der Waals surface area contributed by atoms with Crippen LogP contribution in [-0.2, 0) is 19.6 Å². The number of imide groups is 1. The molecule has 1 N–H and O–H groups in total. The smallest absolute Gasteiger partial charge is 0.326 e. The molecule has 3 rings (SSSR count). The van der Waals surface area contributed by atoms with Crippen LogP contribution in [0.4, 0.5) is 5.69 Å². The van der Waals surface area contributed by atoms with Gasteiger partial charge in [-0.1, -0.05) is 38.5 Å². The summed E-state index contributed by atoms with van der Waals surface area (Å²) in [6, 6.07) is 2.66. The fourth-order valence-electron chi connectivity index (χ4n) is 4.39. The first-order valence-electron chi connectivity index (χ1n) is 11.5. The van der Waals surface area contributed by atoms with E-state index in [1.54, 1.807) is 6.92 Å². The van der Waals surface area contributed by atoms with Crippen LogP contribution in [0.5, 0.6) is 5.75 Å². The van der Waals surface area contributed by atoms with Crippen molar-refractivity contribution in [2.75, 3.05) is 30.7 Å². The molecule has 1 aliphatic heterocycles. The largest absolute Gasteiger partial charge is 0.491 e. The number of anilines is 1. The zero-order valence-electron chi connectivity index (χ0n) is 19.2. The first-order chi connectivity index (χ1) is 15.7. The minimum absolute atomic E-state index is 0.0140. The summed E-state index contributed by atoms with van der Waals surface area (Å²) < 4.78 is 36.7. The van der Waals surface area contributed by atoms with Crippen LogP contribution in [0, 0.1) is 5.92 Å². The van der Waals surface area contributed by atoms with Crippen molar-refractivity contribution in [1.82, 2.24) is 4.90 Å². The lowest BCUT2D eigenvalue weighted by Gasteiger charge is -2.21. The summed E-state index contributed by atoms with van der Waals surface area (Å²) in [5.74, 6) is -1.07. The topological polar surface area (TPSA) is 119 Å². The van der Waals surface area contributed by atoms with Gasteiger partial charge in [-0.05, 0) is 37.8 Å². The van der Waals surface area contributed by atoms with Gasteiger partial charge in [0, 0.05) is 0 Å². The number of nitrogens with zero attached hydrogens (tertiary/aromatic N) is 1. The molecule has 0 spiro atoms. The fourth-order valence-corrected chi connectivity index (χ4v) is 4.95. The number of ether oxygens (including phenoxy) is 2. The van der Waals surface area contributed by atoms with Crippen LogP contribution in [0.15, 0.2) is 12.1 Å². The second-order valence-corrected chi connectivity index (χ2v) is 10.4. The van der Waals surface area contributed by atoms with Gasteiger partial charge in [-0.15, -0.1) is 0 Å². The molecule has 0 aromatic heterocycles. The number of hydrogen-bond acceptors (Lipinski definition) is 7. The third-order valence-corrected chi connectivity index (χ3v) is 6.54. The minimum atomic E-state index is -3.65. The lowest BCUT2D eigenvalue weighted by Crippen LogP contribution is -2.35. The van der Waals surface area contributed by atoms with Crippen LogP contribution < -0.4 is 9.46 Å². The number of benzene rings is 1. The standard InChI is InChI=1S/C23H32N2O7S/c1-3-31-21(26)15-25-22(27)17-13-19(24-33(2,29)30)20(14-18(17)23(25)28)32-12-8-7-11-16-9-5-4-6-10-16/h13-14,16,24H,3-12,15H2,1-2H3. The van der Waals surface area contributed by atoms with E-state index in [1.807, 2.05) is 0 Å². The number of fused-ring (bicyclic) bond motifs is 1. The predicted octanol–water partition coefficient (Wildman–Crippen LogP) is 3.35. The SMILES string of the molecule is CCOC(=O)CN1C(=O)c2cc(NS(C)(=O)=O)c(OCCCCC3CCCCC3)cc2C1=O. The molecule has 9 nitrogen and oxygen atoms in total. The van der Waals surface area contributed by atoms with Crippen molar-refractivity contribution in [3.63, 3.8) is 0 Å². The van der Waals surface area contributed by atoms with Crippen LogP contribution in [-0.4, -0.2) is 57.1 Å². The van der Waals surface area contributed by atoms with Crippen LogP contribution in [0.2, 0.25) is 0 Å². The molecule has 182 valence electrons. The molecule has 2 aliphatic rings. The molecule has 1 heterocycles. The molecule has 0 bridgehead atoms. The summed E-state index contributed by atoms with van der Waals surface area (Å²) in [7, 11) is -3.65. The highest BCUT2D eigenvalue weighted by atomic mass is 32.2. The van der Waals surface area contributed by atoms with Crippen LogP contribution in [0.1, 0.15) is 79.0 Å². The molecule has 0 atom stereocenters. The van der Waals surface area contributed by atoms with E-state index in [4.69, 9.17) is 9.47 Å². The van der Waals surface area contributed by atoms with Gasteiger partial charge >= 0.3 is 5.97 Å². The van der Waals surface area contributed by atoms with Crippen LogP contribution in [0.25, 0.3) is 0 Å². The number of sulfonamides is 1. The van der Waals surface area contributed by atoms with Crippen molar-refractivity contribution in [2.45, 2.75) is 58.3 Å². The molecular formula is C23H32N2O7S. The first kappa shape index (κ1) is 25.0. The second kappa shape index (κ2) is 11.0. The van der Waals surface area contributed by atoms with E-state index in [1.165, 1.54) is 44.2 Å². The number of carbonyl (C=O) groups excluding carboxylic acids is 3. The maximum atomic E-state index is 12.8. The highest BCUT2D eigenvalue weighted by Gasteiger charge is 2.38. The molecule has 1 saturated carbocycles. The van der Waals surface area contributed by atoms with Crippen molar-refractivity contribution in [2.24, 2.45) is 5.92 Å². The number of rotatable bonds is 11. The average molecular weight is 481 g/mol. The summed E-state index contributed by atoms with van der Waals surface area (Å²) >= 11 is 0. The molecule has 0 radical (unpaired) electrons. The van der Waals surface area contributed by atoms with Gasteiger partial charge in [0.2, 0.25) is 10.0 Å². The normalized spacial score (nSPS) is 16.6. The summed E-state index contributed by atoms with van der Waals surface area (Å²) in [5.41, 5.74) is 0.170. The van der Waals surface area contributed by atoms with E-state index < -0.39 is 34.4 Å².